The number of halogens is 1. The first-order valence-corrected chi connectivity index (χ1v) is 9.02. The fourth-order valence-corrected chi connectivity index (χ4v) is 3.43. The Balaban J connectivity index is 1.37. The molecule has 2 aromatic carbocycles. The fraction of sp³-hybridized carbons (Fsp3) is 0.250. The number of nitrogens with zero attached hydrogens (tertiary/aromatic N) is 3. The second-order valence-corrected chi connectivity index (χ2v) is 6.84. The molecular formula is C20H20ClN3O2. The lowest BCUT2D eigenvalue weighted by Gasteiger charge is -2.35. The molecule has 3 aromatic rings. The van der Waals surface area contributed by atoms with Crippen molar-refractivity contribution in [1.82, 2.24) is 9.88 Å². The summed E-state index contributed by atoms with van der Waals surface area (Å²) in [6, 6.07) is 15.0. The van der Waals surface area contributed by atoms with Crippen LogP contribution in [0.4, 0.5) is 5.69 Å². The van der Waals surface area contributed by atoms with Crippen LogP contribution in [0.1, 0.15) is 5.69 Å². The predicted octanol–water partition coefficient (Wildman–Crippen LogP) is 4.02. The number of oxazole rings is 1. The van der Waals surface area contributed by atoms with Gasteiger partial charge in [-0.3, -0.25) is 4.90 Å². The molecule has 134 valence electrons. The zero-order chi connectivity index (χ0) is 17.9. The van der Waals surface area contributed by atoms with Crippen LogP contribution in [0.2, 0.25) is 5.02 Å². The molecule has 2 heterocycles. The van der Waals surface area contributed by atoms with Gasteiger partial charge in [0.25, 0.3) is 0 Å². The van der Waals surface area contributed by atoms with Crippen LogP contribution in [0.5, 0.6) is 5.75 Å². The molecule has 1 aliphatic heterocycles. The second kappa shape index (κ2) is 7.40. The van der Waals surface area contributed by atoms with Crippen LogP contribution in [-0.4, -0.2) is 41.2 Å². The number of aromatic nitrogens is 1. The van der Waals surface area contributed by atoms with E-state index in [1.165, 1.54) is 0 Å². The van der Waals surface area contributed by atoms with Gasteiger partial charge in [-0.15, -0.1) is 0 Å². The van der Waals surface area contributed by atoms with Crippen molar-refractivity contribution in [2.45, 2.75) is 6.54 Å². The van der Waals surface area contributed by atoms with Crippen molar-refractivity contribution in [2.75, 3.05) is 31.1 Å². The highest BCUT2D eigenvalue weighted by atomic mass is 35.5. The Morgan fingerprint density at radius 1 is 1.04 bits per heavy atom. The van der Waals surface area contributed by atoms with Gasteiger partial charge in [0.05, 0.1) is 11.4 Å². The van der Waals surface area contributed by atoms with Gasteiger partial charge in [0.2, 0.25) is 5.89 Å². The Morgan fingerprint density at radius 2 is 1.85 bits per heavy atom. The Hall–Kier alpha value is -2.50. The molecule has 1 aromatic heterocycles. The van der Waals surface area contributed by atoms with E-state index in [2.05, 4.69) is 14.8 Å². The topological polar surface area (TPSA) is 52.7 Å². The third kappa shape index (κ3) is 3.69. The van der Waals surface area contributed by atoms with Gasteiger partial charge >= 0.3 is 0 Å². The van der Waals surface area contributed by atoms with Crippen molar-refractivity contribution in [3.8, 4) is 17.2 Å². The van der Waals surface area contributed by atoms with E-state index < -0.39 is 0 Å². The average Bonchev–Trinajstić information content (AvgIpc) is 3.12. The molecule has 4 rings (SSSR count). The smallest absolute Gasteiger partial charge is 0.226 e. The minimum Gasteiger partial charge on any atom is -0.506 e. The van der Waals surface area contributed by atoms with Gasteiger partial charge in [-0.05, 0) is 30.3 Å². The molecule has 0 spiro atoms. The van der Waals surface area contributed by atoms with Gasteiger partial charge in [-0.25, -0.2) is 4.98 Å². The first kappa shape index (κ1) is 16.9. The maximum Gasteiger partial charge on any atom is 0.226 e. The van der Waals surface area contributed by atoms with E-state index in [9.17, 15) is 5.11 Å². The van der Waals surface area contributed by atoms with Crippen molar-refractivity contribution in [3.05, 3.63) is 65.5 Å². The summed E-state index contributed by atoms with van der Waals surface area (Å²) in [5.41, 5.74) is 2.70. The van der Waals surface area contributed by atoms with Crippen molar-refractivity contribution in [1.29, 1.82) is 0 Å². The van der Waals surface area contributed by atoms with Crippen LogP contribution in [-0.2, 0) is 6.54 Å². The minimum absolute atomic E-state index is 0.337. The van der Waals surface area contributed by atoms with Crippen molar-refractivity contribution in [2.24, 2.45) is 0 Å². The van der Waals surface area contributed by atoms with Gasteiger partial charge in [-0.1, -0.05) is 29.8 Å². The quantitative estimate of drug-likeness (QED) is 0.752. The highest BCUT2D eigenvalue weighted by molar-refractivity contribution is 6.30. The monoisotopic (exact) mass is 369 g/mol. The SMILES string of the molecule is Oc1ccccc1N1CCN(Cc2coc(-c3cccc(Cl)c3)n2)CC1. The Labute approximate surface area is 157 Å². The summed E-state index contributed by atoms with van der Waals surface area (Å²) in [7, 11) is 0. The summed E-state index contributed by atoms with van der Waals surface area (Å²) in [5, 5.41) is 10.7. The van der Waals surface area contributed by atoms with Gasteiger partial charge in [-0.2, -0.15) is 0 Å². The molecule has 1 saturated heterocycles. The Kier molecular flexibility index (Phi) is 4.82. The van der Waals surface area contributed by atoms with Crippen molar-refractivity contribution in [3.63, 3.8) is 0 Å². The number of phenolic OH excluding ortho intramolecular Hbond substituents is 1. The maximum atomic E-state index is 10.0. The average molecular weight is 370 g/mol. The predicted molar refractivity (Wildman–Crippen MR) is 103 cm³/mol. The first-order valence-electron chi connectivity index (χ1n) is 8.65. The van der Waals surface area contributed by atoms with Crippen molar-refractivity contribution < 1.29 is 9.52 Å². The lowest BCUT2D eigenvalue weighted by molar-refractivity contribution is 0.246. The summed E-state index contributed by atoms with van der Waals surface area (Å²) in [6.07, 6.45) is 1.71. The second-order valence-electron chi connectivity index (χ2n) is 6.41. The number of aromatic hydroxyl groups is 1. The van der Waals surface area contributed by atoms with E-state index in [1.807, 2.05) is 42.5 Å². The van der Waals surface area contributed by atoms with Crippen molar-refractivity contribution >= 4 is 17.3 Å². The summed E-state index contributed by atoms with van der Waals surface area (Å²) in [5.74, 6) is 0.930. The summed E-state index contributed by atoms with van der Waals surface area (Å²) in [4.78, 5) is 9.14. The van der Waals surface area contributed by atoms with Gasteiger partial charge < -0.3 is 14.4 Å². The molecule has 0 unspecified atom stereocenters. The number of phenols is 1. The number of para-hydroxylation sites is 2. The van der Waals surface area contributed by atoms with Crippen LogP contribution in [0.3, 0.4) is 0 Å². The molecular weight excluding hydrogens is 350 g/mol. The molecule has 0 aliphatic carbocycles. The molecule has 1 N–H and O–H groups in total. The molecule has 0 radical (unpaired) electrons. The molecule has 1 aliphatic rings. The lowest BCUT2D eigenvalue weighted by Crippen LogP contribution is -2.46. The number of rotatable bonds is 4. The number of benzene rings is 2. The normalized spacial score (nSPS) is 15.3. The maximum absolute atomic E-state index is 10.0. The molecule has 0 saturated carbocycles. The highest BCUT2D eigenvalue weighted by Crippen LogP contribution is 2.27. The van der Waals surface area contributed by atoms with E-state index in [4.69, 9.17) is 16.0 Å². The Bertz CT molecular complexity index is 888. The molecule has 0 atom stereocenters. The zero-order valence-electron chi connectivity index (χ0n) is 14.3. The molecule has 6 heteroatoms. The molecule has 1 fully saturated rings. The third-order valence-corrected chi connectivity index (χ3v) is 4.84. The number of hydrogen-bond donors (Lipinski definition) is 1. The number of anilines is 1. The van der Waals surface area contributed by atoms with E-state index in [1.54, 1.807) is 12.3 Å². The summed E-state index contributed by atoms with van der Waals surface area (Å²) >= 11 is 6.03. The molecule has 0 amide bonds. The van der Waals surface area contributed by atoms with E-state index in [0.717, 1.165) is 49.7 Å². The third-order valence-electron chi connectivity index (χ3n) is 4.60. The van der Waals surface area contributed by atoms with E-state index in [0.29, 0.717) is 16.7 Å². The van der Waals surface area contributed by atoms with Crippen LogP contribution in [0.15, 0.2) is 59.2 Å². The van der Waals surface area contributed by atoms with E-state index in [-0.39, 0.29) is 0 Å². The summed E-state index contributed by atoms with van der Waals surface area (Å²) < 4.78 is 5.61. The highest BCUT2D eigenvalue weighted by Gasteiger charge is 2.20. The number of hydrogen-bond acceptors (Lipinski definition) is 5. The fourth-order valence-electron chi connectivity index (χ4n) is 3.24. The largest absolute Gasteiger partial charge is 0.506 e. The summed E-state index contributed by atoms with van der Waals surface area (Å²) in [6.45, 7) is 4.31. The standard InChI is InChI=1S/C20H20ClN3O2/c21-16-5-3-4-15(12-16)20-22-17(14-26-20)13-23-8-10-24(11-9-23)18-6-1-2-7-19(18)25/h1-7,12,14,25H,8-11,13H2. The van der Waals surface area contributed by atoms with Crippen LogP contribution in [0.25, 0.3) is 11.5 Å². The first-order chi connectivity index (χ1) is 12.7. The number of piperazine rings is 1. The Morgan fingerprint density at radius 3 is 2.62 bits per heavy atom. The molecule has 0 bridgehead atoms. The molecule has 26 heavy (non-hydrogen) atoms. The van der Waals surface area contributed by atoms with Gasteiger partial charge in [0.15, 0.2) is 0 Å². The minimum atomic E-state index is 0.337. The van der Waals surface area contributed by atoms with Gasteiger partial charge in [0, 0.05) is 43.3 Å². The van der Waals surface area contributed by atoms with Crippen LogP contribution < -0.4 is 4.90 Å². The van der Waals surface area contributed by atoms with Crippen LogP contribution >= 0.6 is 11.6 Å². The lowest BCUT2D eigenvalue weighted by atomic mass is 10.2. The van der Waals surface area contributed by atoms with E-state index >= 15 is 0 Å². The van der Waals surface area contributed by atoms with Crippen LogP contribution in [0, 0.1) is 0 Å². The zero-order valence-corrected chi connectivity index (χ0v) is 15.1. The van der Waals surface area contributed by atoms with Gasteiger partial charge in [0.1, 0.15) is 12.0 Å². The molecule has 5 nitrogen and oxygen atoms in total.